The molecule has 1 N–H and O–H groups in total. The summed E-state index contributed by atoms with van der Waals surface area (Å²) in [5, 5.41) is 20.5. The van der Waals surface area contributed by atoms with E-state index in [1.807, 2.05) is 0 Å². The molecule has 0 atom stereocenters. The summed E-state index contributed by atoms with van der Waals surface area (Å²) in [6.07, 6.45) is 1.46. The molecule has 1 aliphatic heterocycles. The van der Waals surface area contributed by atoms with E-state index in [0.717, 1.165) is 11.8 Å². The summed E-state index contributed by atoms with van der Waals surface area (Å²) < 4.78 is 0. The fourth-order valence-corrected chi connectivity index (χ4v) is 3.37. The fourth-order valence-electron chi connectivity index (χ4n) is 2.39. The Bertz CT molecular complexity index is 1020. The number of nitro groups is 1. The monoisotopic (exact) mass is 383 g/mol. The molecule has 0 unspecified atom stereocenters. The molecule has 8 nitrogen and oxygen atoms in total. The molecule has 0 saturated carbocycles. The van der Waals surface area contributed by atoms with Crippen molar-refractivity contribution in [1.82, 2.24) is 4.90 Å². The summed E-state index contributed by atoms with van der Waals surface area (Å²) in [4.78, 5) is 40.1. The number of carbonyl (C=O) groups excluding carboxylic acids is 1. The molecular formula is C18H13N3O5S. The van der Waals surface area contributed by atoms with Gasteiger partial charge in [0, 0.05) is 13.1 Å². The molecule has 1 fully saturated rings. The summed E-state index contributed by atoms with van der Waals surface area (Å²) in [6.45, 7) is 0. The van der Waals surface area contributed by atoms with Gasteiger partial charge in [-0.2, -0.15) is 0 Å². The number of aromatic carboxylic acids is 1. The number of nitrogens with zero attached hydrogens (tertiary/aromatic N) is 3. The number of para-hydroxylation sites is 1. The molecule has 1 heterocycles. The molecule has 136 valence electrons. The van der Waals surface area contributed by atoms with Gasteiger partial charge in [0.15, 0.2) is 5.17 Å². The number of amides is 1. The number of thioether (sulfide) groups is 1. The standard InChI is InChI=1S/C18H13N3O5S/c1-20-16(22)15(10-11-5-2-3-8-14(11)21(25)26)27-18(20)19-13-7-4-6-12(9-13)17(23)24/h2-10H,1H3,(H,23,24)/b15-10-,19-18?. The van der Waals surface area contributed by atoms with E-state index >= 15 is 0 Å². The van der Waals surface area contributed by atoms with E-state index in [1.165, 1.54) is 36.2 Å². The number of aliphatic imine (C=N–C) groups is 1. The van der Waals surface area contributed by atoms with Gasteiger partial charge < -0.3 is 5.11 Å². The van der Waals surface area contributed by atoms with Crippen LogP contribution in [-0.4, -0.2) is 39.0 Å². The minimum atomic E-state index is -1.07. The van der Waals surface area contributed by atoms with Gasteiger partial charge in [0.05, 0.1) is 26.6 Å². The van der Waals surface area contributed by atoms with Crippen molar-refractivity contribution < 1.29 is 19.6 Å². The van der Waals surface area contributed by atoms with Gasteiger partial charge in [-0.15, -0.1) is 0 Å². The van der Waals surface area contributed by atoms with Gasteiger partial charge in [-0.05, 0) is 42.1 Å². The van der Waals surface area contributed by atoms with Crippen LogP contribution in [0.1, 0.15) is 15.9 Å². The van der Waals surface area contributed by atoms with E-state index in [4.69, 9.17) is 5.11 Å². The number of carboxylic acid groups (broad SMARTS) is 1. The minimum absolute atomic E-state index is 0.0875. The third-order valence-electron chi connectivity index (χ3n) is 3.74. The maximum Gasteiger partial charge on any atom is 0.335 e. The SMILES string of the molecule is CN1C(=O)/C(=C/c2ccccc2[N+](=O)[O-])SC1=Nc1cccc(C(=O)O)c1. The smallest absolute Gasteiger partial charge is 0.335 e. The number of carboxylic acids is 1. The van der Waals surface area contributed by atoms with Crippen molar-refractivity contribution in [2.24, 2.45) is 4.99 Å². The summed E-state index contributed by atoms with van der Waals surface area (Å²) in [5.41, 5.74) is 0.704. The van der Waals surface area contributed by atoms with Crippen LogP contribution in [0, 0.1) is 10.1 Å². The van der Waals surface area contributed by atoms with Crippen molar-refractivity contribution in [2.75, 3.05) is 7.05 Å². The van der Waals surface area contributed by atoms with Crippen LogP contribution in [0.25, 0.3) is 6.08 Å². The molecule has 0 radical (unpaired) electrons. The van der Waals surface area contributed by atoms with Gasteiger partial charge >= 0.3 is 5.97 Å². The van der Waals surface area contributed by atoms with Crippen LogP contribution in [0.15, 0.2) is 58.4 Å². The van der Waals surface area contributed by atoms with Crippen molar-refractivity contribution in [3.63, 3.8) is 0 Å². The van der Waals surface area contributed by atoms with Crippen LogP contribution in [-0.2, 0) is 4.79 Å². The minimum Gasteiger partial charge on any atom is -0.478 e. The molecule has 1 aliphatic rings. The first-order valence-electron chi connectivity index (χ1n) is 7.70. The maximum atomic E-state index is 12.5. The molecule has 2 aromatic rings. The molecule has 2 aromatic carbocycles. The summed E-state index contributed by atoms with van der Waals surface area (Å²) in [7, 11) is 1.54. The lowest BCUT2D eigenvalue weighted by molar-refractivity contribution is -0.385. The lowest BCUT2D eigenvalue weighted by Crippen LogP contribution is -2.23. The second kappa shape index (κ2) is 7.42. The Balaban J connectivity index is 1.95. The molecule has 0 spiro atoms. The van der Waals surface area contributed by atoms with E-state index in [9.17, 15) is 19.7 Å². The van der Waals surface area contributed by atoms with Crippen LogP contribution in [0.2, 0.25) is 0 Å². The molecule has 1 saturated heterocycles. The van der Waals surface area contributed by atoms with Crippen LogP contribution in [0.3, 0.4) is 0 Å². The topological polar surface area (TPSA) is 113 Å². The average molecular weight is 383 g/mol. The number of likely N-dealkylation sites (N-methyl/N-ethyl adjacent to an activating group) is 1. The predicted octanol–water partition coefficient (Wildman–Crippen LogP) is 3.53. The number of hydrogen-bond donors (Lipinski definition) is 1. The van der Waals surface area contributed by atoms with E-state index < -0.39 is 10.9 Å². The first-order valence-corrected chi connectivity index (χ1v) is 8.51. The number of nitro benzene ring substituents is 1. The second-order valence-corrected chi connectivity index (χ2v) is 6.55. The Labute approximate surface area is 158 Å². The maximum absolute atomic E-state index is 12.5. The molecular weight excluding hydrogens is 370 g/mol. The number of rotatable bonds is 4. The molecule has 1 amide bonds. The van der Waals surface area contributed by atoms with Crippen molar-refractivity contribution in [2.45, 2.75) is 0 Å². The van der Waals surface area contributed by atoms with Gasteiger partial charge in [0.1, 0.15) is 0 Å². The van der Waals surface area contributed by atoms with E-state index in [1.54, 1.807) is 30.3 Å². The van der Waals surface area contributed by atoms with E-state index in [0.29, 0.717) is 21.3 Å². The third-order valence-corrected chi connectivity index (χ3v) is 4.80. The molecule has 3 rings (SSSR count). The Morgan fingerprint density at radius 2 is 2.00 bits per heavy atom. The number of carbonyl (C=O) groups is 2. The summed E-state index contributed by atoms with van der Waals surface area (Å²) in [6, 6.07) is 12.2. The first kappa shape index (κ1) is 18.3. The fraction of sp³-hybridized carbons (Fsp3) is 0.0556. The highest BCUT2D eigenvalue weighted by atomic mass is 32.2. The van der Waals surface area contributed by atoms with Crippen molar-refractivity contribution >= 4 is 46.3 Å². The quantitative estimate of drug-likeness (QED) is 0.491. The van der Waals surface area contributed by atoms with Gasteiger partial charge in [-0.3, -0.25) is 19.8 Å². The molecule has 27 heavy (non-hydrogen) atoms. The Kier molecular flexibility index (Phi) is 5.04. The van der Waals surface area contributed by atoms with Gasteiger partial charge in [0.25, 0.3) is 11.6 Å². The molecule has 0 aliphatic carbocycles. The molecule has 0 aromatic heterocycles. The third kappa shape index (κ3) is 3.87. The first-order chi connectivity index (χ1) is 12.9. The summed E-state index contributed by atoms with van der Waals surface area (Å²) >= 11 is 1.07. The highest BCUT2D eigenvalue weighted by Crippen LogP contribution is 2.34. The number of benzene rings is 2. The van der Waals surface area contributed by atoms with E-state index in [2.05, 4.69) is 4.99 Å². The zero-order valence-corrected chi connectivity index (χ0v) is 14.8. The van der Waals surface area contributed by atoms with Gasteiger partial charge in [-0.25, -0.2) is 9.79 Å². The normalized spacial score (nSPS) is 16.9. The van der Waals surface area contributed by atoms with Crippen molar-refractivity contribution in [3.05, 3.63) is 74.7 Å². The van der Waals surface area contributed by atoms with Crippen LogP contribution in [0.4, 0.5) is 11.4 Å². The highest BCUT2D eigenvalue weighted by molar-refractivity contribution is 8.18. The lowest BCUT2D eigenvalue weighted by Gasteiger charge is -2.07. The zero-order chi connectivity index (χ0) is 19.6. The van der Waals surface area contributed by atoms with Crippen LogP contribution >= 0.6 is 11.8 Å². The summed E-state index contributed by atoms with van der Waals surface area (Å²) in [5.74, 6) is -1.41. The zero-order valence-electron chi connectivity index (χ0n) is 14.0. The number of amidine groups is 1. The van der Waals surface area contributed by atoms with Crippen molar-refractivity contribution in [3.8, 4) is 0 Å². The Morgan fingerprint density at radius 1 is 1.26 bits per heavy atom. The average Bonchev–Trinajstić information content (AvgIpc) is 2.90. The predicted molar refractivity (Wildman–Crippen MR) is 102 cm³/mol. The lowest BCUT2D eigenvalue weighted by atomic mass is 10.1. The number of hydrogen-bond acceptors (Lipinski definition) is 6. The second-order valence-electron chi connectivity index (χ2n) is 5.54. The van der Waals surface area contributed by atoms with Crippen LogP contribution < -0.4 is 0 Å². The Morgan fingerprint density at radius 3 is 2.70 bits per heavy atom. The highest BCUT2D eigenvalue weighted by Gasteiger charge is 2.31. The Hall–Kier alpha value is -3.46. The largest absolute Gasteiger partial charge is 0.478 e. The van der Waals surface area contributed by atoms with E-state index in [-0.39, 0.29) is 17.2 Å². The molecule has 0 bridgehead atoms. The van der Waals surface area contributed by atoms with Gasteiger partial charge in [0.2, 0.25) is 0 Å². The van der Waals surface area contributed by atoms with Crippen molar-refractivity contribution in [1.29, 1.82) is 0 Å². The molecule has 9 heteroatoms. The van der Waals surface area contributed by atoms with Gasteiger partial charge in [-0.1, -0.05) is 18.2 Å². The van der Waals surface area contributed by atoms with Crippen LogP contribution in [0.5, 0.6) is 0 Å².